The maximum absolute atomic E-state index is 12.5. The van der Waals surface area contributed by atoms with Crippen molar-refractivity contribution in [2.45, 2.75) is 12.0 Å². The highest BCUT2D eigenvalue weighted by atomic mass is 16.2. The minimum atomic E-state index is -1.09. The lowest BCUT2D eigenvalue weighted by molar-refractivity contribution is -0.122. The number of nitrogens with one attached hydrogen (secondary N) is 1. The molecule has 1 saturated heterocycles. The molecule has 0 saturated carbocycles. The smallest absolute Gasteiger partial charge is 0.228 e. The Hall–Kier alpha value is -2.62. The Balaban J connectivity index is 2.21. The number of rotatable bonds is 2. The zero-order valence-corrected chi connectivity index (χ0v) is 10.8. The van der Waals surface area contributed by atoms with Crippen LogP contribution in [-0.2, 0) is 15.1 Å². The van der Waals surface area contributed by atoms with E-state index in [1.165, 1.54) is 0 Å². The van der Waals surface area contributed by atoms with Crippen molar-refractivity contribution in [2.24, 2.45) is 0 Å². The summed E-state index contributed by atoms with van der Waals surface area (Å²) in [4.78, 5) is 24.2. The molecule has 1 fully saturated rings. The van der Waals surface area contributed by atoms with Gasteiger partial charge in [0.05, 0.1) is 6.42 Å². The van der Waals surface area contributed by atoms with E-state index < -0.39 is 5.54 Å². The molecule has 2 aromatic rings. The molecule has 4 nitrogen and oxygen atoms in total. The molecule has 0 spiro atoms. The van der Waals surface area contributed by atoms with Crippen LogP contribution >= 0.6 is 0 Å². The van der Waals surface area contributed by atoms with Crippen molar-refractivity contribution in [2.75, 3.05) is 5.73 Å². The van der Waals surface area contributed by atoms with Gasteiger partial charge in [-0.25, -0.2) is 0 Å². The van der Waals surface area contributed by atoms with Crippen LogP contribution in [0.1, 0.15) is 17.5 Å². The number of hydrogen-bond donors (Lipinski definition) is 2. The summed E-state index contributed by atoms with van der Waals surface area (Å²) in [6.45, 7) is 0. The number of nitrogen functional groups attached to an aromatic ring is 1. The number of nitrogens with two attached hydrogens (primary N) is 1. The molecule has 0 radical (unpaired) electrons. The largest absolute Gasteiger partial charge is 0.399 e. The lowest BCUT2D eigenvalue weighted by Gasteiger charge is -2.28. The molecule has 1 unspecified atom stereocenters. The number of hydrogen-bond acceptors (Lipinski definition) is 3. The summed E-state index contributed by atoms with van der Waals surface area (Å²) in [6, 6.07) is 16.3. The van der Waals surface area contributed by atoms with Crippen LogP contribution < -0.4 is 11.1 Å². The highest BCUT2D eigenvalue weighted by molar-refractivity contribution is 6.12. The van der Waals surface area contributed by atoms with Crippen molar-refractivity contribution in [3.8, 4) is 0 Å². The van der Waals surface area contributed by atoms with Crippen molar-refractivity contribution >= 4 is 17.4 Å². The third-order valence-corrected chi connectivity index (χ3v) is 3.62. The second-order valence-corrected chi connectivity index (χ2v) is 4.89. The molecule has 4 heteroatoms. The third-order valence-electron chi connectivity index (χ3n) is 3.62. The van der Waals surface area contributed by atoms with Gasteiger partial charge in [-0.1, -0.05) is 42.5 Å². The highest BCUT2D eigenvalue weighted by Gasteiger charge is 2.48. The Labute approximate surface area is 116 Å². The Morgan fingerprint density at radius 2 is 1.50 bits per heavy atom. The molecule has 20 heavy (non-hydrogen) atoms. The molecular formula is C16H14N2O2. The molecular weight excluding hydrogens is 252 g/mol. The minimum absolute atomic E-state index is 0.0979. The Kier molecular flexibility index (Phi) is 2.79. The van der Waals surface area contributed by atoms with Crippen molar-refractivity contribution in [3.05, 3.63) is 65.7 Å². The van der Waals surface area contributed by atoms with Crippen LogP contribution in [-0.4, -0.2) is 11.7 Å². The quantitative estimate of drug-likeness (QED) is 0.640. The molecule has 1 aliphatic heterocycles. The van der Waals surface area contributed by atoms with Crippen molar-refractivity contribution in [1.29, 1.82) is 0 Å². The molecule has 100 valence electrons. The second kappa shape index (κ2) is 4.49. The zero-order chi connectivity index (χ0) is 14.2. The maximum Gasteiger partial charge on any atom is 0.228 e. The van der Waals surface area contributed by atoms with Crippen molar-refractivity contribution in [1.82, 2.24) is 5.32 Å². The molecule has 1 heterocycles. The number of benzene rings is 2. The SMILES string of the molecule is Nc1ccc(C2(c3ccccc3)NC(=O)CC2=O)cc1. The summed E-state index contributed by atoms with van der Waals surface area (Å²) in [5.74, 6) is -0.394. The predicted octanol–water partition coefficient (Wildman–Crippen LogP) is 1.60. The number of anilines is 1. The van der Waals surface area contributed by atoms with E-state index in [4.69, 9.17) is 5.73 Å². The van der Waals surface area contributed by atoms with Gasteiger partial charge in [-0.3, -0.25) is 9.59 Å². The van der Waals surface area contributed by atoms with Crippen LogP contribution in [0.3, 0.4) is 0 Å². The lowest BCUT2D eigenvalue weighted by Crippen LogP contribution is -2.44. The molecule has 0 aromatic heterocycles. The minimum Gasteiger partial charge on any atom is -0.399 e. The Morgan fingerprint density at radius 1 is 0.900 bits per heavy atom. The van der Waals surface area contributed by atoms with Crippen molar-refractivity contribution in [3.63, 3.8) is 0 Å². The molecule has 0 aliphatic carbocycles. The Morgan fingerprint density at radius 3 is 2.05 bits per heavy atom. The summed E-state index contributed by atoms with van der Waals surface area (Å²) in [5.41, 5.74) is 6.72. The topological polar surface area (TPSA) is 72.2 Å². The van der Waals surface area contributed by atoms with E-state index in [0.717, 1.165) is 11.1 Å². The van der Waals surface area contributed by atoms with Gasteiger partial charge in [0.1, 0.15) is 0 Å². The van der Waals surface area contributed by atoms with Gasteiger partial charge in [-0.2, -0.15) is 0 Å². The van der Waals surface area contributed by atoms with Crippen LogP contribution in [0, 0.1) is 0 Å². The number of Topliss-reactive ketones (excluding diaryl/α,β-unsaturated/α-hetero) is 1. The fourth-order valence-electron chi connectivity index (χ4n) is 2.66. The summed E-state index contributed by atoms with van der Waals surface area (Å²) in [6.07, 6.45) is -0.0979. The molecule has 1 amide bonds. The third kappa shape index (κ3) is 1.77. The van der Waals surface area contributed by atoms with E-state index in [9.17, 15) is 9.59 Å². The van der Waals surface area contributed by atoms with Gasteiger partial charge in [0.25, 0.3) is 0 Å². The Bertz CT molecular complexity index is 665. The number of ketones is 1. The number of carbonyl (C=O) groups is 2. The van der Waals surface area contributed by atoms with Crippen LogP contribution in [0.5, 0.6) is 0 Å². The molecule has 1 aliphatic rings. The van der Waals surface area contributed by atoms with Gasteiger partial charge < -0.3 is 11.1 Å². The summed E-state index contributed by atoms with van der Waals surface area (Å²) >= 11 is 0. The fourth-order valence-corrected chi connectivity index (χ4v) is 2.66. The van der Waals surface area contributed by atoms with Gasteiger partial charge in [0.2, 0.25) is 5.91 Å². The van der Waals surface area contributed by atoms with Crippen LogP contribution in [0.15, 0.2) is 54.6 Å². The predicted molar refractivity (Wildman–Crippen MR) is 75.8 cm³/mol. The second-order valence-electron chi connectivity index (χ2n) is 4.89. The lowest BCUT2D eigenvalue weighted by atomic mass is 9.81. The van der Waals surface area contributed by atoms with Crippen molar-refractivity contribution < 1.29 is 9.59 Å². The fraction of sp³-hybridized carbons (Fsp3) is 0.125. The average molecular weight is 266 g/mol. The number of amides is 1. The molecule has 3 N–H and O–H groups in total. The van der Waals surface area contributed by atoms with Gasteiger partial charge in [0, 0.05) is 5.69 Å². The average Bonchev–Trinajstić information content (AvgIpc) is 2.76. The van der Waals surface area contributed by atoms with Crippen LogP contribution in [0.2, 0.25) is 0 Å². The standard InChI is InChI=1S/C16H14N2O2/c17-13-8-6-12(7-9-13)16(11-4-2-1-3-5-11)14(19)10-15(20)18-16/h1-9H,10,17H2,(H,18,20). The van der Waals surface area contributed by atoms with Gasteiger partial charge >= 0.3 is 0 Å². The first-order valence-corrected chi connectivity index (χ1v) is 6.39. The van der Waals surface area contributed by atoms with E-state index >= 15 is 0 Å². The molecule has 3 rings (SSSR count). The summed E-state index contributed by atoms with van der Waals surface area (Å²) in [5, 5.41) is 2.84. The van der Waals surface area contributed by atoms with Gasteiger partial charge in [0.15, 0.2) is 11.3 Å². The van der Waals surface area contributed by atoms with Gasteiger partial charge in [-0.05, 0) is 23.3 Å². The molecule has 0 bridgehead atoms. The normalized spacial score (nSPS) is 21.8. The van der Waals surface area contributed by atoms with Crippen LogP contribution in [0.4, 0.5) is 5.69 Å². The summed E-state index contributed by atoms with van der Waals surface area (Å²) < 4.78 is 0. The first-order valence-electron chi connectivity index (χ1n) is 6.39. The van der Waals surface area contributed by atoms with E-state index in [0.29, 0.717) is 5.69 Å². The first kappa shape index (κ1) is 12.4. The van der Waals surface area contributed by atoms with E-state index in [2.05, 4.69) is 5.32 Å². The van der Waals surface area contributed by atoms with E-state index in [1.807, 2.05) is 30.3 Å². The van der Waals surface area contributed by atoms with E-state index in [1.54, 1.807) is 24.3 Å². The van der Waals surface area contributed by atoms with E-state index in [-0.39, 0.29) is 18.1 Å². The summed E-state index contributed by atoms with van der Waals surface area (Å²) in [7, 11) is 0. The highest BCUT2D eigenvalue weighted by Crippen LogP contribution is 2.35. The first-order chi connectivity index (χ1) is 9.63. The van der Waals surface area contributed by atoms with Crippen LogP contribution in [0.25, 0.3) is 0 Å². The number of carbonyl (C=O) groups excluding carboxylic acids is 2. The van der Waals surface area contributed by atoms with Gasteiger partial charge in [-0.15, -0.1) is 0 Å². The molecule has 2 aromatic carbocycles. The molecule has 1 atom stereocenters. The monoisotopic (exact) mass is 266 g/mol. The maximum atomic E-state index is 12.5. The zero-order valence-electron chi connectivity index (χ0n) is 10.8.